The highest BCUT2D eigenvalue weighted by molar-refractivity contribution is 6.03. The van der Waals surface area contributed by atoms with Gasteiger partial charge < -0.3 is 21.0 Å². The lowest BCUT2D eigenvalue weighted by Gasteiger charge is -2.08. The second-order valence-corrected chi connectivity index (χ2v) is 3.73. The number of nitrogens with one attached hydrogen (secondary N) is 1. The van der Waals surface area contributed by atoms with Gasteiger partial charge in [0.05, 0.1) is 0 Å². The van der Waals surface area contributed by atoms with Crippen molar-refractivity contribution in [1.82, 2.24) is 5.32 Å². The fraction of sp³-hybridized carbons (Fsp3) is 0.250. The molecule has 0 aliphatic rings. The van der Waals surface area contributed by atoms with Gasteiger partial charge in [-0.3, -0.25) is 9.59 Å². The van der Waals surface area contributed by atoms with E-state index >= 15 is 0 Å². The summed E-state index contributed by atoms with van der Waals surface area (Å²) >= 11 is 0. The predicted octanol–water partition coefficient (Wildman–Crippen LogP) is -0.305. The molecule has 0 spiro atoms. The lowest BCUT2D eigenvalue weighted by molar-refractivity contribution is -0.138. The molecule has 0 heterocycles. The summed E-state index contributed by atoms with van der Waals surface area (Å²) in [4.78, 5) is 25.7. The quantitative estimate of drug-likeness (QED) is 0.283. The Morgan fingerprint density at radius 2 is 2.16 bits per heavy atom. The maximum atomic E-state index is 10.6. The summed E-state index contributed by atoms with van der Waals surface area (Å²) < 4.78 is 0. The molecule has 4 N–H and O–H groups in total. The summed E-state index contributed by atoms with van der Waals surface area (Å²) in [6.45, 7) is 0. The van der Waals surface area contributed by atoms with Gasteiger partial charge in [-0.2, -0.15) is 0 Å². The molecule has 1 aromatic carbocycles. The van der Waals surface area contributed by atoms with Crippen LogP contribution < -0.4 is 11.1 Å². The molecule has 1 unspecified atom stereocenters. The van der Waals surface area contributed by atoms with Crippen LogP contribution in [0.15, 0.2) is 29.4 Å². The first-order valence-corrected chi connectivity index (χ1v) is 5.47. The van der Waals surface area contributed by atoms with E-state index in [9.17, 15) is 9.59 Å². The first-order valence-electron chi connectivity index (χ1n) is 5.47. The average Bonchev–Trinajstić information content (AvgIpc) is 2.39. The molecule has 0 bridgehead atoms. The minimum absolute atomic E-state index is 0.230. The van der Waals surface area contributed by atoms with Crippen LogP contribution in [0, 0.1) is 0 Å². The Kier molecular flexibility index (Phi) is 5.49. The fourth-order valence-electron chi connectivity index (χ4n) is 1.45. The normalized spacial score (nSPS) is 12.6. The number of amidine groups is 1. The molecule has 7 nitrogen and oxygen atoms in total. The monoisotopic (exact) mass is 265 g/mol. The zero-order valence-corrected chi connectivity index (χ0v) is 10.4. The summed E-state index contributed by atoms with van der Waals surface area (Å²) in [5.41, 5.74) is 6.86. The molecule has 0 radical (unpaired) electrons. The first-order chi connectivity index (χ1) is 9.08. The Hall–Kier alpha value is -2.41. The van der Waals surface area contributed by atoms with Gasteiger partial charge in [0, 0.05) is 5.56 Å². The number of carboxylic acid groups (broad SMARTS) is 1. The number of carbonyl (C=O) groups excluding carboxylic acids is 1. The maximum Gasteiger partial charge on any atom is 0.320 e. The van der Waals surface area contributed by atoms with Crippen molar-refractivity contribution in [3.63, 3.8) is 0 Å². The van der Waals surface area contributed by atoms with Gasteiger partial charge in [-0.05, 0) is 12.0 Å². The molecule has 1 aromatic rings. The van der Waals surface area contributed by atoms with Crippen LogP contribution in [0.4, 0.5) is 0 Å². The molecule has 0 aliphatic heterocycles. The average molecular weight is 265 g/mol. The van der Waals surface area contributed by atoms with Gasteiger partial charge in [0.25, 0.3) is 0 Å². The Labute approximate surface area is 110 Å². The van der Waals surface area contributed by atoms with E-state index in [2.05, 4.69) is 15.3 Å². The molecule has 0 saturated heterocycles. The Balaban J connectivity index is 2.83. The zero-order chi connectivity index (χ0) is 14.3. The number of hydrogen-bond acceptors (Lipinski definition) is 5. The fourth-order valence-corrected chi connectivity index (χ4v) is 1.45. The van der Waals surface area contributed by atoms with Crippen LogP contribution in [0.25, 0.3) is 0 Å². The van der Waals surface area contributed by atoms with Crippen molar-refractivity contribution >= 4 is 18.2 Å². The number of nitrogens with zero attached hydrogens (tertiary/aromatic N) is 1. The van der Waals surface area contributed by atoms with Crippen molar-refractivity contribution in [2.45, 2.75) is 12.5 Å². The van der Waals surface area contributed by atoms with E-state index in [0.29, 0.717) is 12.0 Å². The van der Waals surface area contributed by atoms with Crippen LogP contribution in [0.5, 0.6) is 0 Å². The van der Waals surface area contributed by atoms with Crippen LogP contribution in [0.3, 0.4) is 0 Å². The van der Waals surface area contributed by atoms with Gasteiger partial charge >= 0.3 is 5.97 Å². The minimum Gasteiger partial charge on any atom is -0.480 e. The van der Waals surface area contributed by atoms with Crippen LogP contribution in [-0.4, -0.2) is 36.5 Å². The van der Waals surface area contributed by atoms with Gasteiger partial charge in [-0.25, -0.2) is 0 Å². The van der Waals surface area contributed by atoms with E-state index in [4.69, 9.17) is 10.8 Å². The second kappa shape index (κ2) is 7.12. The number of nitrogens with two attached hydrogens (primary N) is 1. The molecule has 1 amide bonds. The third-order valence-electron chi connectivity index (χ3n) is 2.38. The Morgan fingerprint density at radius 1 is 1.53 bits per heavy atom. The summed E-state index contributed by atoms with van der Waals surface area (Å²) in [5, 5.41) is 14.8. The van der Waals surface area contributed by atoms with E-state index in [1.807, 2.05) is 0 Å². The lowest BCUT2D eigenvalue weighted by atomic mass is 10.0. The third kappa shape index (κ3) is 4.40. The molecule has 1 rings (SSSR count). The number of carboxylic acids is 1. The molecule has 0 fully saturated rings. The van der Waals surface area contributed by atoms with E-state index < -0.39 is 12.0 Å². The van der Waals surface area contributed by atoms with Gasteiger partial charge in [0.2, 0.25) is 6.41 Å². The molecule has 19 heavy (non-hydrogen) atoms. The first kappa shape index (κ1) is 14.7. The van der Waals surface area contributed by atoms with Crippen molar-refractivity contribution in [3.05, 3.63) is 35.4 Å². The number of oxime groups is 1. The summed E-state index contributed by atoms with van der Waals surface area (Å²) in [6.07, 6.45) is 0.722. The number of benzene rings is 1. The van der Waals surface area contributed by atoms with E-state index in [1.54, 1.807) is 24.3 Å². The Bertz CT molecular complexity index is 470. The summed E-state index contributed by atoms with van der Waals surface area (Å²) in [6, 6.07) is 5.88. The third-order valence-corrected chi connectivity index (χ3v) is 2.38. The number of rotatable bonds is 6. The van der Waals surface area contributed by atoms with Crippen LogP contribution in [0.1, 0.15) is 11.1 Å². The SMILES string of the molecule is CO/N=C(\NC=O)c1ccc(CC(N)C(=O)O)cc1. The van der Waals surface area contributed by atoms with Crippen molar-refractivity contribution < 1.29 is 19.5 Å². The van der Waals surface area contributed by atoms with E-state index in [1.165, 1.54) is 7.11 Å². The van der Waals surface area contributed by atoms with Crippen molar-refractivity contribution in [2.24, 2.45) is 10.9 Å². The highest BCUT2D eigenvalue weighted by Gasteiger charge is 2.12. The van der Waals surface area contributed by atoms with Crippen molar-refractivity contribution in [1.29, 1.82) is 0 Å². The molecule has 0 aliphatic carbocycles. The van der Waals surface area contributed by atoms with Gasteiger partial charge in [-0.1, -0.05) is 29.4 Å². The van der Waals surface area contributed by atoms with E-state index in [-0.39, 0.29) is 12.3 Å². The summed E-state index contributed by atoms with van der Waals surface area (Å²) in [7, 11) is 1.37. The van der Waals surface area contributed by atoms with Crippen LogP contribution in [0.2, 0.25) is 0 Å². The largest absolute Gasteiger partial charge is 0.480 e. The standard InChI is InChI=1S/C12H15N3O4/c1-19-15-11(14-7-16)9-4-2-8(3-5-9)6-10(13)12(17)18/h2-5,7,10H,6,13H2,1H3,(H,17,18)(H,14,15,16). The van der Waals surface area contributed by atoms with Crippen molar-refractivity contribution in [3.8, 4) is 0 Å². The zero-order valence-electron chi connectivity index (χ0n) is 10.4. The highest BCUT2D eigenvalue weighted by atomic mass is 16.6. The molecule has 1 atom stereocenters. The molecular formula is C12H15N3O4. The predicted molar refractivity (Wildman–Crippen MR) is 68.5 cm³/mol. The smallest absolute Gasteiger partial charge is 0.320 e. The lowest BCUT2D eigenvalue weighted by Crippen LogP contribution is -2.32. The number of aliphatic carboxylic acids is 1. The van der Waals surface area contributed by atoms with Crippen molar-refractivity contribution in [2.75, 3.05) is 7.11 Å². The topological polar surface area (TPSA) is 114 Å². The maximum absolute atomic E-state index is 10.6. The van der Waals surface area contributed by atoms with Gasteiger partial charge in [0.15, 0.2) is 5.84 Å². The molecule has 0 saturated carbocycles. The van der Waals surface area contributed by atoms with Gasteiger partial charge in [-0.15, -0.1) is 0 Å². The molecule has 102 valence electrons. The number of carbonyl (C=O) groups is 2. The van der Waals surface area contributed by atoms with Crippen LogP contribution >= 0.6 is 0 Å². The van der Waals surface area contributed by atoms with E-state index in [0.717, 1.165) is 5.56 Å². The minimum atomic E-state index is -1.05. The molecular weight excluding hydrogens is 250 g/mol. The summed E-state index contributed by atoms with van der Waals surface area (Å²) in [5.74, 6) is -0.778. The molecule has 7 heteroatoms. The number of amides is 1. The van der Waals surface area contributed by atoms with Crippen LogP contribution in [-0.2, 0) is 20.8 Å². The number of hydrogen-bond donors (Lipinski definition) is 3. The van der Waals surface area contributed by atoms with Gasteiger partial charge in [0.1, 0.15) is 13.2 Å². The second-order valence-electron chi connectivity index (χ2n) is 3.73. The Morgan fingerprint density at radius 3 is 2.63 bits per heavy atom. The highest BCUT2D eigenvalue weighted by Crippen LogP contribution is 2.07. The molecule has 0 aromatic heterocycles.